The molecule has 0 bridgehead atoms. The lowest BCUT2D eigenvalue weighted by atomic mass is 9.98. The fourth-order valence-electron chi connectivity index (χ4n) is 1.50. The van der Waals surface area contributed by atoms with Gasteiger partial charge in [0.1, 0.15) is 0 Å². The average Bonchev–Trinajstić information content (AvgIpc) is 2.16. The first-order valence-corrected chi connectivity index (χ1v) is 5.56. The van der Waals surface area contributed by atoms with E-state index in [4.69, 9.17) is 5.11 Å². The van der Waals surface area contributed by atoms with Crippen molar-refractivity contribution < 1.29 is 9.90 Å². The van der Waals surface area contributed by atoms with Gasteiger partial charge in [0.2, 0.25) is 0 Å². The van der Waals surface area contributed by atoms with Gasteiger partial charge in [-0.05, 0) is 32.6 Å². The molecule has 0 aliphatic rings. The summed E-state index contributed by atoms with van der Waals surface area (Å²) in [5, 5.41) is 8.80. The summed E-state index contributed by atoms with van der Waals surface area (Å²) in [6.45, 7) is 3.97. The van der Waals surface area contributed by atoms with Crippen LogP contribution in [0.1, 0.15) is 52.4 Å². The molecular weight excluding hydrogens is 176 g/mol. The van der Waals surface area contributed by atoms with Crippen molar-refractivity contribution in [3.05, 3.63) is 12.2 Å². The predicted molar refractivity (Wildman–Crippen MR) is 59.3 cm³/mol. The highest BCUT2D eigenvalue weighted by Gasteiger charge is 2.13. The monoisotopic (exact) mass is 198 g/mol. The zero-order valence-electron chi connectivity index (χ0n) is 9.33. The molecule has 0 heterocycles. The molecule has 0 saturated heterocycles. The van der Waals surface area contributed by atoms with Gasteiger partial charge in [-0.25, -0.2) is 0 Å². The Hall–Kier alpha value is -0.790. The molecule has 0 aromatic rings. The fraction of sp³-hybridized carbons (Fsp3) is 0.750. The number of hydrogen-bond acceptors (Lipinski definition) is 1. The van der Waals surface area contributed by atoms with E-state index in [9.17, 15) is 4.79 Å². The van der Waals surface area contributed by atoms with Crippen LogP contribution in [0.5, 0.6) is 0 Å². The van der Waals surface area contributed by atoms with Gasteiger partial charge in [-0.2, -0.15) is 0 Å². The highest BCUT2D eigenvalue weighted by atomic mass is 16.4. The Kier molecular flexibility index (Phi) is 8.30. The normalized spacial score (nSPS) is 13.3. The molecule has 0 saturated carbocycles. The topological polar surface area (TPSA) is 37.3 Å². The number of hydrogen-bond donors (Lipinski definition) is 1. The molecule has 0 amide bonds. The van der Waals surface area contributed by atoms with Crippen LogP contribution in [0, 0.1) is 5.92 Å². The summed E-state index contributed by atoms with van der Waals surface area (Å²) in [7, 11) is 0. The minimum Gasteiger partial charge on any atom is -0.481 e. The smallest absolute Gasteiger partial charge is 0.306 e. The molecule has 1 atom stereocenters. The number of allylic oxidation sites excluding steroid dienone is 2. The molecule has 0 fully saturated rings. The van der Waals surface area contributed by atoms with Crippen LogP contribution in [-0.2, 0) is 4.79 Å². The highest BCUT2D eigenvalue weighted by molar-refractivity contribution is 5.69. The molecule has 1 unspecified atom stereocenters. The van der Waals surface area contributed by atoms with Crippen LogP contribution in [0.25, 0.3) is 0 Å². The standard InChI is InChI=1S/C12H22O2/c1-3-5-6-7-8-9-10-11(4-2)12(13)14/h3,5,11H,4,6-10H2,1-2H3,(H,13,14)/b5-3+. The number of carbonyl (C=O) groups is 1. The third kappa shape index (κ3) is 6.70. The Labute approximate surface area is 87.0 Å². The van der Waals surface area contributed by atoms with Crippen LogP contribution < -0.4 is 0 Å². The first-order valence-electron chi connectivity index (χ1n) is 5.56. The molecule has 0 radical (unpaired) electrons. The Balaban J connectivity index is 3.38. The van der Waals surface area contributed by atoms with E-state index >= 15 is 0 Å². The summed E-state index contributed by atoms with van der Waals surface area (Å²) < 4.78 is 0. The van der Waals surface area contributed by atoms with E-state index in [0.29, 0.717) is 0 Å². The van der Waals surface area contributed by atoms with E-state index in [1.54, 1.807) is 0 Å². The highest BCUT2D eigenvalue weighted by Crippen LogP contribution is 2.14. The first-order chi connectivity index (χ1) is 6.72. The maximum absolute atomic E-state index is 10.7. The van der Waals surface area contributed by atoms with E-state index in [-0.39, 0.29) is 5.92 Å². The van der Waals surface area contributed by atoms with Crippen molar-refractivity contribution >= 4 is 5.97 Å². The molecule has 1 N–H and O–H groups in total. The van der Waals surface area contributed by atoms with Crippen molar-refractivity contribution in [3.63, 3.8) is 0 Å². The third-order valence-electron chi connectivity index (χ3n) is 2.50. The zero-order valence-corrected chi connectivity index (χ0v) is 9.33. The lowest BCUT2D eigenvalue weighted by Gasteiger charge is -2.08. The van der Waals surface area contributed by atoms with Gasteiger partial charge in [0.25, 0.3) is 0 Å². The molecule has 0 aliphatic heterocycles. The molecule has 82 valence electrons. The van der Waals surface area contributed by atoms with Gasteiger partial charge < -0.3 is 5.11 Å². The zero-order chi connectivity index (χ0) is 10.8. The van der Waals surface area contributed by atoms with Gasteiger partial charge in [-0.3, -0.25) is 4.79 Å². The van der Waals surface area contributed by atoms with E-state index < -0.39 is 5.97 Å². The summed E-state index contributed by atoms with van der Waals surface area (Å²) in [6.07, 6.45) is 10.3. The number of rotatable bonds is 8. The molecule has 0 aromatic carbocycles. The van der Waals surface area contributed by atoms with Gasteiger partial charge in [0.15, 0.2) is 0 Å². The molecular formula is C12H22O2. The summed E-state index contributed by atoms with van der Waals surface area (Å²) in [5.74, 6) is -0.766. The summed E-state index contributed by atoms with van der Waals surface area (Å²) >= 11 is 0. The van der Waals surface area contributed by atoms with Crippen molar-refractivity contribution in [2.24, 2.45) is 5.92 Å². The van der Waals surface area contributed by atoms with Crippen LogP contribution in [0.2, 0.25) is 0 Å². The first kappa shape index (κ1) is 13.2. The molecule has 0 rings (SSSR count). The van der Waals surface area contributed by atoms with E-state index in [1.165, 1.54) is 6.42 Å². The van der Waals surface area contributed by atoms with Gasteiger partial charge in [0, 0.05) is 0 Å². The van der Waals surface area contributed by atoms with Gasteiger partial charge in [-0.1, -0.05) is 31.9 Å². The van der Waals surface area contributed by atoms with Gasteiger partial charge in [-0.15, -0.1) is 0 Å². The maximum atomic E-state index is 10.7. The van der Waals surface area contributed by atoms with Crippen LogP contribution in [-0.4, -0.2) is 11.1 Å². The predicted octanol–water partition coefficient (Wildman–Crippen LogP) is 3.62. The lowest BCUT2D eigenvalue weighted by molar-refractivity contribution is -0.142. The summed E-state index contributed by atoms with van der Waals surface area (Å²) in [6, 6.07) is 0. The van der Waals surface area contributed by atoms with Crippen molar-refractivity contribution in [2.45, 2.75) is 52.4 Å². The van der Waals surface area contributed by atoms with Gasteiger partial charge in [0.05, 0.1) is 5.92 Å². The maximum Gasteiger partial charge on any atom is 0.306 e. The van der Waals surface area contributed by atoms with Crippen molar-refractivity contribution in [1.82, 2.24) is 0 Å². The quantitative estimate of drug-likeness (QED) is 0.477. The van der Waals surface area contributed by atoms with Crippen molar-refractivity contribution in [2.75, 3.05) is 0 Å². The van der Waals surface area contributed by atoms with Crippen LogP contribution in [0.3, 0.4) is 0 Å². The minimum absolute atomic E-state index is 0.128. The molecule has 2 heteroatoms. The second-order valence-electron chi connectivity index (χ2n) is 3.65. The number of unbranched alkanes of at least 4 members (excludes halogenated alkanes) is 3. The Morgan fingerprint density at radius 3 is 2.57 bits per heavy atom. The number of aliphatic carboxylic acids is 1. The Morgan fingerprint density at radius 1 is 1.36 bits per heavy atom. The third-order valence-corrected chi connectivity index (χ3v) is 2.50. The molecule has 0 aromatic heterocycles. The Morgan fingerprint density at radius 2 is 2.07 bits per heavy atom. The summed E-state index contributed by atoms with van der Waals surface area (Å²) in [4.78, 5) is 10.7. The minimum atomic E-state index is -0.638. The molecule has 14 heavy (non-hydrogen) atoms. The van der Waals surface area contributed by atoms with Crippen molar-refractivity contribution in [3.8, 4) is 0 Å². The second-order valence-corrected chi connectivity index (χ2v) is 3.65. The van der Waals surface area contributed by atoms with Crippen LogP contribution in [0.4, 0.5) is 0 Å². The number of carboxylic acids is 1. The number of carboxylic acid groups (broad SMARTS) is 1. The largest absolute Gasteiger partial charge is 0.481 e. The fourth-order valence-corrected chi connectivity index (χ4v) is 1.50. The lowest BCUT2D eigenvalue weighted by Crippen LogP contribution is -2.12. The Bertz CT molecular complexity index is 173. The SMILES string of the molecule is C/C=C/CCCCCC(CC)C(=O)O. The molecule has 0 aliphatic carbocycles. The molecule has 2 nitrogen and oxygen atoms in total. The van der Waals surface area contributed by atoms with Gasteiger partial charge >= 0.3 is 5.97 Å². The molecule has 0 spiro atoms. The van der Waals surface area contributed by atoms with Crippen LogP contribution >= 0.6 is 0 Å². The summed E-state index contributed by atoms with van der Waals surface area (Å²) in [5.41, 5.74) is 0. The van der Waals surface area contributed by atoms with E-state index in [2.05, 4.69) is 12.2 Å². The van der Waals surface area contributed by atoms with Crippen LogP contribution in [0.15, 0.2) is 12.2 Å². The second kappa shape index (κ2) is 8.79. The van der Waals surface area contributed by atoms with Crippen molar-refractivity contribution in [1.29, 1.82) is 0 Å². The average molecular weight is 198 g/mol. The van der Waals surface area contributed by atoms with E-state index in [1.807, 2.05) is 13.8 Å². The van der Waals surface area contributed by atoms with E-state index in [0.717, 1.165) is 32.1 Å².